The van der Waals surface area contributed by atoms with Crippen LogP contribution in [0.3, 0.4) is 0 Å². The number of anilines is 2. The number of aliphatic carboxylic acids is 1. The van der Waals surface area contributed by atoms with Crippen LogP contribution in [-0.2, 0) is 16.0 Å². The third-order valence-corrected chi connectivity index (χ3v) is 3.95. The number of hydrazone groups is 1. The number of hydrogen-bond acceptors (Lipinski definition) is 6. The van der Waals surface area contributed by atoms with Crippen molar-refractivity contribution in [2.24, 2.45) is 10.9 Å². The average molecular weight is 413 g/mol. The largest absolute Gasteiger partial charge is 0.480 e. The summed E-state index contributed by atoms with van der Waals surface area (Å²) < 4.78 is 4.72. The summed E-state index contributed by atoms with van der Waals surface area (Å²) in [6.07, 6.45) is 0.582. The number of benzene rings is 2. The zero-order valence-corrected chi connectivity index (χ0v) is 16.3. The summed E-state index contributed by atoms with van der Waals surface area (Å²) in [6.45, 7) is 1.77. The Balaban J connectivity index is 2.00. The maximum atomic E-state index is 12.4. The fraction of sp³-hybridized carbons (Fsp3) is 0.200. The molecule has 2 aromatic rings. The lowest BCUT2D eigenvalue weighted by Crippen LogP contribution is -2.42. The summed E-state index contributed by atoms with van der Waals surface area (Å²) in [5, 5.41) is 20.5. The van der Waals surface area contributed by atoms with Gasteiger partial charge in [0.25, 0.3) is 5.91 Å². The second kappa shape index (κ2) is 11.1. The number of nitrogens with two attached hydrogens (primary N) is 1. The Kier molecular flexibility index (Phi) is 8.18. The molecule has 2 rings (SSSR count). The predicted molar refractivity (Wildman–Crippen MR) is 112 cm³/mol. The molecule has 2 amide bonds. The van der Waals surface area contributed by atoms with Crippen molar-refractivity contribution in [1.82, 2.24) is 5.32 Å². The number of rotatable bonds is 9. The molecule has 0 saturated carbocycles. The van der Waals surface area contributed by atoms with Crippen LogP contribution in [0.1, 0.15) is 22.8 Å². The Hall–Kier alpha value is -4.08. The molecule has 30 heavy (non-hydrogen) atoms. The van der Waals surface area contributed by atoms with Gasteiger partial charge in [0.05, 0.1) is 6.61 Å². The van der Waals surface area contributed by atoms with Gasteiger partial charge in [-0.3, -0.25) is 4.79 Å². The third kappa shape index (κ3) is 6.82. The van der Waals surface area contributed by atoms with Crippen LogP contribution in [0.5, 0.6) is 0 Å². The summed E-state index contributed by atoms with van der Waals surface area (Å²) in [6, 6.07) is 12.3. The SMILES string of the molecule is CCOC(=O)NC(Cc1ccc(NC(=O)c2cccc(NC=NN)c2)cc1)C(=O)O. The van der Waals surface area contributed by atoms with Crippen LogP contribution in [-0.4, -0.2) is 42.1 Å². The number of nitrogens with one attached hydrogen (secondary N) is 3. The fourth-order valence-corrected chi connectivity index (χ4v) is 2.54. The van der Waals surface area contributed by atoms with Gasteiger partial charge in [-0.2, -0.15) is 5.10 Å². The molecule has 0 saturated heterocycles. The smallest absolute Gasteiger partial charge is 0.407 e. The lowest BCUT2D eigenvalue weighted by atomic mass is 10.1. The van der Waals surface area contributed by atoms with Crippen LogP contribution in [0.15, 0.2) is 53.6 Å². The highest BCUT2D eigenvalue weighted by Crippen LogP contribution is 2.15. The first-order chi connectivity index (χ1) is 14.4. The van der Waals surface area contributed by atoms with Crippen LogP contribution in [0, 0.1) is 0 Å². The molecule has 1 atom stereocenters. The molecule has 0 aliphatic heterocycles. The van der Waals surface area contributed by atoms with E-state index in [0.717, 1.165) is 0 Å². The predicted octanol–water partition coefficient (Wildman–Crippen LogP) is 1.99. The monoisotopic (exact) mass is 413 g/mol. The molecule has 0 spiro atoms. The lowest BCUT2D eigenvalue weighted by Gasteiger charge is -2.14. The summed E-state index contributed by atoms with van der Waals surface area (Å²) >= 11 is 0. The van der Waals surface area contributed by atoms with Gasteiger partial charge in [0.1, 0.15) is 12.4 Å². The molecular weight excluding hydrogens is 390 g/mol. The fourth-order valence-electron chi connectivity index (χ4n) is 2.54. The minimum Gasteiger partial charge on any atom is -0.480 e. The Morgan fingerprint density at radius 2 is 1.90 bits per heavy atom. The Bertz CT molecular complexity index is 914. The van der Waals surface area contributed by atoms with Gasteiger partial charge in [0, 0.05) is 23.4 Å². The number of carboxylic acid groups (broad SMARTS) is 1. The van der Waals surface area contributed by atoms with Crippen molar-refractivity contribution in [1.29, 1.82) is 0 Å². The zero-order chi connectivity index (χ0) is 21.9. The van der Waals surface area contributed by atoms with Gasteiger partial charge in [-0.25, -0.2) is 9.59 Å². The van der Waals surface area contributed by atoms with Crippen LogP contribution in [0.4, 0.5) is 16.2 Å². The number of hydrogen-bond donors (Lipinski definition) is 5. The van der Waals surface area contributed by atoms with Crippen LogP contribution in [0.2, 0.25) is 0 Å². The molecule has 1 unspecified atom stereocenters. The van der Waals surface area contributed by atoms with Crippen molar-refractivity contribution in [3.8, 4) is 0 Å². The number of ether oxygens (including phenoxy) is 1. The molecule has 0 bridgehead atoms. The van der Waals surface area contributed by atoms with Gasteiger partial charge in [-0.15, -0.1) is 0 Å². The highest BCUT2D eigenvalue weighted by Gasteiger charge is 2.21. The molecule has 0 aliphatic carbocycles. The van der Waals surface area contributed by atoms with E-state index in [1.165, 1.54) is 6.34 Å². The second-order valence-electron chi connectivity index (χ2n) is 6.11. The van der Waals surface area contributed by atoms with E-state index in [4.69, 9.17) is 10.6 Å². The van der Waals surface area contributed by atoms with E-state index in [2.05, 4.69) is 21.1 Å². The molecular formula is C20H23N5O5. The van der Waals surface area contributed by atoms with Gasteiger partial charge >= 0.3 is 12.1 Å². The van der Waals surface area contributed by atoms with Crippen LogP contribution in [0.25, 0.3) is 0 Å². The standard InChI is InChI=1S/C20H23N5O5/c1-2-30-20(29)25-17(19(27)28)10-13-6-8-15(9-7-13)24-18(26)14-4-3-5-16(11-14)22-12-23-21/h3-9,11-12,17H,2,10,21H2,1H3,(H,22,23)(H,24,26)(H,25,29)(H,27,28). The van der Waals surface area contributed by atoms with Gasteiger partial charge in [-0.05, 0) is 42.8 Å². The minimum absolute atomic E-state index is 0.0682. The molecule has 2 aromatic carbocycles. The Labute approximate surface area is 173 Å². The highest BCUT2D eigenvalue weighted by atomic mass is 16.5. The van der Waals surface area contributed by atoms with E-state index >= 15 is 0 Å². The van der Waals surface area contributed by atoms with Crippen LogP contribution < -0.4 is 21.8 Å². The lowest BCUT2D eigenvalue weighted by molar-refractivity contribution is -0.139. The molecule has 10 nitrogen and oxygen atoms in total. The van der Waals surface area contributed by atoms with Crippen molar-refractivity contribution in [3.05, 3.63) is 59.7 Å². The van der Waals surface area contributed by atoms with Crippen molar-refractivity contribution < 1.29 is 24.2 Å². The Morgan fingerprint density at radius 3 is 2.53 bits per heavy atom. The molecule has 10 heteroatoms. The first-order valence-corrected chi connectivity index (χ1v) is 9.07. The van der Waals surface area contributed by atoms with E-state index in [-0.39, 0.29) is 18.9 Å². The number of alkyl carbamates (subject to hydrolysis) is 1. The first-order valence-electron chi connectivity index (χ1n) is 9.07. The zero-order valence-electron chi connectivity index (χ0n) is 16.3. The molecule has 0 aromatic heterocycles. The van der Waals surface area contributed by atoms with Gasteiger partial charge in [0.15, 0.2) is 0 Å². The van der Waals surface area contributed by atoms with Crippen molar-refractivity contribution in [2.45, 2.75) is 19.4 Å². The number of amides is 2. The second-order valence-corrected chi connectivity index (χ2v) is 6.11. The molecule has 0 aliphatic rings. The molecule has 6 N–H and O–H groups in total. The minimum atomic E-state index is -1.17. The van der Waals surface area contributed by atoms with Crippen molar-refractivity contribution in [2.75, 3.05) is 17.2 Å². The number of carbonyl (C=O) groups is 3. The van der Waals surface area contributed by atoms with E-state index in [9.17, 15) is 19.5 Å². The summed E-state index contributed by atoms with van der Waals surface area (Å²) in [5.41, 5.74) is 2.29. The first kappa shape index (κ1) is 22.2. The maximum Gasteiger partial charge on any atom is 0.407 e. The van der Waals surface area contributed by atoms with E-state index in [0.29, 0.717) is 22.5 Å². The third-order valence-electron chi connectivity index (χ3n) is 3.95. The van der Waals surface area contributed by atoms with E-state index < -0.39 is 18.1 Å². The Morgan fingerprint density at radius 1 is 1.17 bits per heavy atom. The average Bonchev–Trinajstić information content (AvgIpc) is 2.73. The molecule has 158 valence electrons. The van der Waals surface area contributed by atoms with E-state index in [1.807, 2.05) is 0 Å². The number of nitrogens with zero attached hydrogens (tertiary/aromatic N) is 1. The van der Waals surface area contributed by atoms with Gasteiger partial charge in [-0.1, -0.05) is 18.2 Å². The summed E-state index contributed by atoms with van der Waals surface area (Å²) in [5.74, 6) is 3.55. The molecule has 0 radical (unpaired) electrons. The quantitative estimate of drug-likeness (QED) is 0.182. The molecule has 0 fully saturated rings. The normalized spacial score (nSPS) is 11.5. The van der Waals surface area contributed by atoms with Crippen molar-refractivity contribution in [3.63, 3.8) is 0 Å². The summed E-state index contributed by atoms with van der Waals surface area (Å²) in [4.78, 5) is 35.3. The topological polar surface area (TPSA) is 155 Å². The van der Waals surface area contributed by atoms with Gasteiger partial charge in [0.2, 0.25) is 0 Å². The number of carboxylic acids is 1. The van der Waals surface area contributed by atoms with Crippen molar-refractivity contribution >= 4 is 35.7 Å². The summed E-state index contributed by atoms with van der Waals surface area (Å²) in [7, 11) is 0. The molecule has 0 heterocycles. The number of carbonyl (C=O) groups excluding carboxylic acids is 2. The highest BCUT2D eigenvalue weighted by molar-refractivity contribution is 6.05. The van der Waals surface area contributed by atoms with Gasteiger partial charge < -0.3 is 31.6 Å². The van der Waals surface area contributed by atoms with E-state index in [1.54, 1.807) is 55.5 Å². The van der Waals surface area contributed by atoms with Crippen LogP contribution >= 0.6 is 0 Å². The maximum absolute atomic E-state index is 12.4.